The number of phenols is 1. The molecule has 4 rings (SSSR count). The molecule has 28 heavy (non-hydrogen) atoms. The topological polar surface area (TPSA) is 69.5 Å². The first-order valence-corrected chi connectivity index (χ1v) is 9.59. The van der Waals surface area contributed by atoms with Gasteiger partial charge < -0.3 is 14.6 Å². The summed E-state index contributed by atoms with van der Waals surface area (Å²) < 4.78 is 14.8. The number of aromatic nitrogens is 3. The molecule has 4 aromatic rings. The molecule has 0 saturated carbocycles. The summed E-state index contributed by atoms with van der Waals surface area (Å²) in [4.78, 5) is 13.3. The van der Waals surface area contributed by atoms with E-state index in [1.807, 2.05) is 51.3 Å². The summed E-state index contributed by atoms with van der Waals surface area (Å²) in [7, 11) is 0. The maximum atomic E-state index is 11.4. The molecule has 0 spiro atoms. The monoisotopic (exact) mass is 403 g/mol. The Labute approximate surface area is 166 Å². The van der Waals surface area contributed by atoms with Crippen molar-refractivity contribution in [2.75, 3.05) is 13.2 Å². The van der Waals surface area contributed by atoms with Crippen molar-refractivity contribution >= 4 is 28.6 Å². The molecule has 0 fully saturated rings. The smallest absolute Gasteiger partial charge is 0.308 e. The third-order valence-electron chi connectivity index (χ3n) is 4.71. The van der Waals surface area contributed by atoms with E-state index in [0.29, 0.717) is 41.7 Å². The number of carbonyl (C=O) groups excluding carboxylic acids is 1. The molecule has 2 aromatic carbocycles. The van der Waals surface area contributed by atoms with Crippen LogP contribution in [-0.2, 0) is 9.53 Å². The van der Waals surface area contributed by atoms with E-state index in [0.717, 1.165) is 11.0 Å². The van der Waals surface area contributed by atoms with Crippen molar-refractivity contribution in [2.24, 2.45) is 5.92 Å². The molecule has 2 heterocycles. The highest BCUT2D eigenvalue weighted by Gasteiger charge is 2.26. The molecule has 2 aromatic heterocycles. The highest BCUT2D eigenvalue weighted by atomic mass is 35.5. The van der Waals surface area contributed by atoms with E-state index in [4.69, 9.17) is 21.1 Å². The molecule has 1 N–H and O–H groups in total. The molecule has 0 radical (unpaired) electrons. The molecule has 148 valence electrons. The van der Waals surface area contributed by atoms with Gasteiger partial charge in [0.2, 0.25) is 0 Å². The molecule has 0 atom stereocenters. The SMILES string of the molecule is Cc1c(OCCCOC(=O)C(C)C)ccc(-n2n3c4ccc(Cl)cc4n23)c1O. The fraction of sp³-hybridized carbons (Fsp3) is 0.350. The Balaban J connectivity index is 1.43. The molecule has 0 aliphatic carbocycles. The van der Waals surface area contributed by atoms with Crippen LogP contribution in [0.15, 0.2) is 30.3 Å². The summed E-state index contributed by atoms with van der Waals surface area (Å²) in [5.41, 5.74) is 3.37. The van der Waals surface area contributed by atoms with Gasteiger partial charge >= 0.3 is 5.97 Å². The Morgan fingerprint density at radius 2 is 1.89 bits per heavy atom. The molecule has 7 nitrogen and oxygen atoms in total. The number of aromatic hydroxyl groups is 1. The zero-order chi connectivity index (χ0) is 20.0. The van der Waals surface area contributed by atoms with Crippen LogP contribution in [0.2, 0.25) is 5.02 Å². The highest BCUT2D eigenvalue weighted by molar-refractivity contribution is 6.31. The lowest BCUT2D eigenvalue weighted by Gasteiger charge is -2.12. The average molecular weight is 404 g/mol. The Morgan fingerprint density at radius 3 is 2.64 bits per heavy atom. The normalized spacial score (nSPS) is 11.9. The fourth-order valence-corrected chi connectivity index (χ4v) is 3.25. The lowest BCUT2D eigenvalue weighted by molar-refractivity contribution is -0.147. The van der Waals surface area contributed by atoms with Gasteiger partial charge in [0.15, 0.2) is 0 Å². The molecule has 0 saturated heterocycles. The second-order valence-corrected chi connectivity index (χ2v) is 7.52. The number of phenolic OH excluding ortho intramolecular Hbond substituents is 1. The van der Waals surface area contributed by atoms with E-state index in [1.54, 1.807) is 13.8 Å². The summed E-state index contributed by atoms with van der Waals surface area (Å²) in [6.07, 6.45) is 0.587. The number of benzene rings is 2. The Morgan fingerprint density at radius 1 is 1.14 bits per heavy atom. The summed E-state index contributed by atoms with van der Waals surface area (Å²) in [6.45, 7) is 6.13. The van der Waals surface area contributed by atoms with Crippen LogP contribution in [0.25, 0.3) is 16.7 Å². The summed E-state index contributed by atoms with van der Waals surface area (Å²) >= 11 is 6.05. The lowest BCUT2D eigenvalue weighted by atomic mass is 10.1. The minimum absolute atomic E-state index is 0.131. The van der Waals surface area contributed by atoms with Gasteiger partial charge in [-0.3, -0.25) is 4.79 Å². The van der Waals surface area contributed by atoms with Crippen LogP contribution < -0.4 is 4.74 Å². The van der Waals surface area contributed by atoms with E-state index in [-0.39, 0.29) is 17.6 Å². The minimum atomic E-state index is -0.210. The molecule has 0 bridgehead atoms. The van der Waals surface area contributed by atoms with Gasteiger partial charge in [0.1, 0.15) is 28.2 Å². The third kappa shape index (κ3) is 3.05. The van der Waals surface area contributed by atoms with Crippen LogP contribution in [-0.4, -0.2) is 38.3 Å². The predicted octanol–water partition coefficient (Wildman–Crippen LogP) is 4.06. The van der Waals surface area contributed by atoms with Gasteiger partial charge in [0.05, 0.1) is 19.1 Å². The van der Waals surface area contributed by atoms with E-state index in [2.05, 4.69) is 0 Å². The first-order chi connectivity index (χ1) is 13.4. The number of esters is 1. The maximum absolute atomic E-state index is 11.4. The predicted molar refractivity (Wildman–Crippen MR) is 106 cm³/mol. The van der Waals surface area contributed by atoms with Gasteiger partial charge in [-0.25, -0.2) is 0 Å². The van der Waals surface area contributed by atoms with Crippen LogP contribution >= 0.6 is 11.6 Å². The van der Waals surface area contributed by atoms with Crippen LogP contribution in [0, 0.1) is 12.8 Å². The van der Waals surface area contributed by atoms with Gasteiger partial charge in [-0.1, -0.05) is 25.4 Å². The number of fused-ring (bicyclic) bond motifs is 4. The van der Waals surface area contributed by atoms with E-state index < -0.39 is 0 Å². The Hall–Kier alpha value is -2.80. The average Bonchev–Trinajstić information content (AvgIpc) is 3.31. The van der Waals surface area contributed by atoms with Gasteiger partial charge in [0.25, 0.3) is 0 Å². The number of ether oxygens (including phenoxy) is 2. The minimum Gasteiger partial charge on any atom is -0.505 e. The summed E-state index contributed by atoms with van der Waals surface area (Å²) in [5, 5.41) is 11.3. The lowest BCUT2D eigenvalue weighted by Crippen LogP contribution is -2.14. The number of rotatable bonds is 7. The largest absolute Gasteiger partial charge is 0.505 e. The van der Waals surface area contributed by atoms with Gasteiger partial charge in [-0.05, 0) is 37.3 Å². The number of hydrogen-bond acceptors (Lipinski definition) is 4. The van der Waals surface area contributed by atoms with Crippen LogP contribution in [0.3, 0.4) is 0 Å². The fourth-order valence-electron chi connectivity index (χ4n) is 3.09. The molecular formula is C20H22ClN3O4. The number of hydrogen-bond donors (Lipinski definition) is 1. The zero-order valence-corrected chi connectivity index (χ0v) is 16.7. The van der Waals surface area contributed by atoms with E-state index in [1.165, 1.54) is 0 Å². The van der Waals surface area contributed by atoms with E-state index >= 15 is 0 Å². The second-order valence-electron chi connectivity index (χ2n) is 7.08. The quantitative estimate of drug-likeness (QED) is 0.373. The summed E-state index contributed by atoms with van der Waals surface area (Å²) in [5.74, 6) is 0.430. The zero-order valence-electron chi connectivity index (χ0n) is 16.0. The first kappa shape index (κ1) is 18.6. The second kappa shape index (κ2) is 6.98. The molecular weight excluding hydrogens is 382 g/mol. The number of carbonyl (C=O) groups is 1. The van der Waals surface area contributed by atoms with Crippen molar-refractivity contribution in [1.29, 1.82) is 0 Å². The molecule has 8 heteroatoms. The maximum Gasteiger partial charge on any atom is 0.308 e. The molecule has 0 aliphatic heterocycles. The highest BCUT2D eigenvalue weighted by Crippen LogP contribution is 2.36. The van der Waals surface area contributed by atoms with Gasteiger partial charge in [-0.15, -0.1) is 14.1 Å². The Bertz CT molecular complexity index is 1140. The summed E-state index contributed by atoms with van der Waals surface area (Å²) in [6, 6.07) is 9.33. The molecule has 0 unspecified atom stereocenters. The number of nitrogens with zero attached hydrogens (tertiary/aromatic N) is 3. The van der Waals surface area contributed by atoms with Crippen molar-refractivity contribution in [2.45, 2.75) is 27.2 Å². The standard InChI is InChI=1S/C20H22ClN3O4/c1-12(2)20(26)28-10-4-9-27-18-8-7-16(19(25)13(18)3)23-22-15-6-5-14(21)11-17(15)24(22)23/h5-8,11-12,25H,4,9-10H2,1-3H3. The molecule has 0 amide bonds. The van der Waals surface area contributed by atoms with Gasteiger partial charge in [0, 0.05) is 17.0 Å². The van der Waals surface area contributed by atoms with Crippen molar-refractivity contribution in [3.63, 3.8) is 0 Å². The Kier molecular flexibility index (Phi) is 4.63. The van der Waals surface area contributed by atoms with Gasteiger partial charge in [-0.2, -0.15) is 0 Å². The van der Waals surface area contributed by atoms with Crippen LogP contribution in [0.1, 0.15) is 25.8 Å². The third-order valence-corrected chi connectivity index (χ3v) is 4.95. The van der Waals surface area contributed by atoms with Crippen molar-refractivity contribution in [1.82, 2.24) is 14.1 Å². The number of halogens is 1. The van der Waals surface area contributed by atoms with Crippen molar-refractivity contribution in [3.8, 4) is 17.2 Å². The van der Waals surface area contributed by atoms with Crippen molar-refractivity contribution in [3.05, 3.63) is 40.9 Å². The van der Waals surface area contributed by atoms with Crippen LogP contribution in [0.5, 0.6) is 11.5 Å². The molecule has 0 aliphatic rings. The first-order valence-electron chi connectivity index (χ1n) is 9.22. The van der Waals surface area contributed by atoms with Crippen LogP contribution in [0.4, 0.5) is 0 Å². The van der Waals surface area contributed by atoms with Crippen molar-refractivity contribution < 1.29 is 19.4 Å². The van der Waals surface area contributed by atoms with E-state index in [9.17, 15) is 9.90 Å².